The molecule has 8 aromatic rings. The van der Waals surface area contributed by atoms with Gasteiger partial charge in [0.05, 0.1) is 11.0 Å². The lowest BCUT2D eigenvalue weighted by atomic mass is 10.00. The van der Waals surface area contributed by atoms with Crippen molar-refractivity contribution in [3.8, 4) is 50.5 Å². The third-order valence-electron chi connectivity index (χ3n) is 7.67. The van der Waals surface area contributed by atoms with E-state index in [9.17, 15) is 0 Å². The van der Waals surface area contributed by atoms with Gasteiger partial charge in [-0.1, -0.05) is 91.0 Å². The SMILES string of the molecule is c1ccc(-n2c3cc(-c4ccc(-c5cocn5)cc4)ccc3c3ccc(-c4ccc(-c5cocn5)cc4)cc32)cc1. The Balaban J connectivity index is 1.27. The van der Waals surface area contributed by atoms with Gasteiger partial charge in [-0.2, -0.15) is 0 Å². The van der Waals surface area contributed by atoms with E-state index in [1.54, 1.807) is 12.5 Å². The zero-order valence-electron chi connectivity index (χ0n) is 21.9. The van der Waals surface area contributed by atoms with Crippen LogP contribution in [0.25, 0.3) is 72.3 Å². The lowest BCUT2D eigenvalue weighted by Gasteiger charge is -2.10. The lowest BCUT2D eigenvalue weighted by Crippen LogP contribution is -1.93. The zero-order chi connectivity index (χ0) is 27.2. The van der Waals surface area contributed by atoms with Gasteiger partial charge < -0.3 is 13.4 Å². The summed E-state index contributed by atoms with van der Waals surface area (Å²) in [6, 6.07) is 41.0. The van der Waals surface area contributed by atoms with E-state index in [4.69, 9.17) is 8.83 Å². The summed E-state index contributed by atoms with van der Waals surface area (Å²) in [5, 5.41) is 2.44. The Labute approximate surface area is 236 Å². The van der Waals surface area contributed by atoms with Crippen LogP contribution in [-0.2, 0) is 0 Å². The molecule has 0 unspecified atom stereocenters. The summed E-state index contributed by atoms with van der Waals surface area (Å²) in [4.78, 5) is 8.54. The van der Waals surface area contributed by atoms with E-state index < -0.39 is 0 Å². The standard InChI is InChI=1S/C36H23N3O2/c1-2-4-30(5-3-1)39-35-18-28(24-6-10-26(11-7-24)33-20-40-22-37-33)14-16-31(35)32-17-15-29(19-36(32)39)25-8-12-27(13-9-25)34-21-41-23-38-34/h1-23H. The molecule has 0 N–H and O–H groups in total. The van der Waals surface area contributed by atoms with Crippen LogP contribution in [0.15, 0.2) is 149 Å². The molecule has 0 radical (unpaired) electrons. The van der Waals surface area contributed by atoms with E-state index in [1.807, 2.05) is 0 Å². The van der Waals surface area contributed by atoms with Crippen LogP contribution in [0.1, 0.15) is 0 Å². The van der Waals surface area contributed by atoms with Crippen molar-refractivity contribution >= 4 is 21.8 Å². The molecule has 3 heterocycles. The van der Waals surface area contributed by atoms with Crippen molar-refractivity contribution in [2.45, 2.75) is 0 Å². The zero-order valence-corrected chi connectivity index (χ0v) is 21.9. The van der Waals surface area contributed by atoms with Crippen molar-refractivity contribution in [2.75, 3.05) is 0 Å². The number of oxazole rings is 2. The average Bonchev–Trinajstić information content (AvgIpc) is 3.82. The Hall–Kier alpha value is -5.68. The molecule has 0 saturated heterocycles. The number of para-hydroxylation sites is 1. The molecule has 0 fully saturated rings. The molecule has 0 aliphatic rings. The number of hydrogen-bond acceptors (Lipinski definition) is 4. The number of fused-ring (bicyclic) bond motifs is 3. The minimum atomic E-state index is 0.833. The van der Waals surface area contributed by atoms with Gasteiger partial charge in [-0.3, -0.25) is 0 Å². The summed E-state index contributed by atoms with van der Waals surface area (Å²) in [7, 11) is 0. The van der Waals surface area contributed by atoms with Crippen molar-refractivity contribution in [1.82, 2.24) is 14.5 Å². The summed E-state index contributed by atoms with van der Waals surface area (Å²) in [5.74, 6) is 0. The molecule has 0 spiro atoms. The van der Waals surface area contributed by atoms with Gasteiger partial charge in [0.15, 0.2) is 12.8 Å². The predicted molar refractivity (Wildman–Crippen MR) is 163 cm³/mol. The Morgan fingerprint density at radius 2 is 0.878 bits per heavy atom. The Kier molecular flexibility index (Phi) is 5.38. The van der Waals surface area contributed by atoms with Crippen LogP contribution in [0.2, 0.25) is 0 Å². The first-order valence-electron chi connectivity index (χ1n) is 13.4. The predicted octanol–water partition coefficient (Wildman–Crippen LogP) is 9.43. The molecule has 0 saturated carbocycles. The molecule has 0 bridgehead atoms. The van der Waals surface area contributed by atoms with Crippen LogP contribution in [0.5, 0.6) is 0 Å². The molecule has 5 aromatic carbocycles. The van der Waals surface area contributed by atoms with Gasteiger partial charge in [-0.05, 0) is 46.5 Å². The molecule has 194 valence electrons. The number of hydrogen-bond donors (Lipinski definition) is 0. The van der Waals surface area contributed by atoms with E-state index in [2.05, 4.69) is 130 Å². The number of benzene rings is 5. The van der Waals surface area contributed by atoms with Crippen molar-refractivity contribution in [2.24, 2.45) is 0 Å². The van der Waals surface area contributed by atoms with Gasteiger partial charge in [0.2, 0.25) is 0 Å². The van der Waals surface area contributed by atoms with Gasteiger partial charge in [0.1, 0.15) is 23.9 Å². The smallest absolute Gasteiger partial charge is 0.181 e. The van der Waals surface area contributed by atoms with Crippen LogP contribution < -0.4 is 0 Å². The van der Waals surface area contributed by atoms with Crippen molar-refractivity contribution in [1.29, 1.82) is 0 Å². The minimum Gasteiger partial charge on any atom is -0.451 e. The second-order valence-corrected chi connectivity index (χ2v) is 10.0. The number of rotatable bonds is 5. The molecular weight excluding hydrogens is 506 g/mol. The maximum atomic E-state index is 5.15. The van der Waals surface area contributed by atoms with Crippen LogP contribution in [-0.4, -0.2) is 14.5 Å². The first-order valence-corrected chi connectivity index (χ1v) is 13.4. The average molecular weight is 530 g/mol. The Morgan fingerprint density at radius 3 is 1.32 bits per heavy atom. The second kappa shape index (κ2) is 9.50. The van der Waals surface area contributed by atoms with Crippen molar-refractivity contribution in [3.63, 3.8) is 0 Å². The van der Waals surface area contributed by atoms with E-state index in [-0.39, 0.29) is 0 Å². The van der Waals surface area contributed by atoms with Gasteiger partial charge in [-0.15, -0.1) is 0 Å². The highest BCUT2D eigenvalue weighted by Crippen LogP contribution is 2.37. The van der Waals surface area contributed by atoms with Crippen molar-refractivity contribution in [3.05, 3.63) is 141 Å². The van der Waals surface area contributed by atoms with Crippen molar-refractivity contribution < 1.29 is 8.83 Å². The topological polar surface area (TPSA) is 57.0 Å². The Morgan fingerprint density at radius 1 is 0.439 bits per heavy atom. The fourth-order valence-corrected chi connectivity index (χ4v) is 5.61. The monoisotopic (exact) mass is 529 g/mol. The van der Waals surface area contributed by atoms with E-state index in [0.717, 1.165) is 50.5 Å². The van der Waals surface area contributed by atoms with E-state index >= 15 is 0 Å². The van der Waals surface area contributed by atoms with E-state index in [0.29, 0.717) is 0 Å². The van der Waals surface area contributed by atoms with Crippen LogP contribution in [0.3, 0.4) is 0 Å². The molecule has 0 amide bonds. The molecular formula is C36H23N3O2. The first kappa shape index (κ1) is 23.2. The summed E-state index contributed by atoms with van der Waals surface area (Å²) >= 11 is 0. The minimum absolute atomic E-state index is 0.833. The van der Waals surface area contributed by atoms with Crippen LogP contribution in [0, 0.1) is 0 Å². The second-order valence-electron chi connectivity index (χ2n) is 10.0. The molecule has 0 atom stereocenters. The van der Waals surface area contributed by atoms with E-state index in [1.165, 1.54) is 34.6 Å². The largest absolute Gasteiger partial charge is 0.451 e. The van der Waals surface area contributed by atoms with Gasteiger partial charge in [0.25, 0.3) is 0 Å². The molecule has 8 rings (SSSR count). The summed E-state index contributed by atoms with van der Waals surface area (Å²) in [6.45, 7) is 0. The van der Waals surface area contributed by atoms with Gasteiger partial charge in [0, 0.05) is 27.6 Å². The summed E-state index contributed by atoms with van der Waals surface area (Å²) < 4.78 is 12.7. The lowest BCUT2D eigenvalue weighted by molar-refractivity contribution is 0.558. The van der Waals surface area contributed by atoms with Crippen LogP contribution in [0.4, 0.5) is 0 Å². The highest BCUT2D eigenvalue weighted by atomic mass is 16.3. The molecule has 0 aliphatic carbocycles. The molecule has 41 heavy (non-hydrogen) atoms. The highest BCUT2D eigenvalue weighted by Gasteiger charge is 2.15. The Bertz CT molecular complexity index is 1970. The molecule has 0 aliphatic heterocycles. The first-order chi connectivity index (χ1) is 20.3. The fraction of sp³-hybridized carbons (Fsp3) is 0. The van der Waals surface area contributed by atoms with Gasteiger partial charge in [-0.25, -0.2) is 9.97 Å². The molecule has 5 heteroatoms. The van der Waals surface area contributed by atoms with Gasteiger partial charge >= 0.3 is 0 Å². The van der Waals surface area contributed by atoms with Crippen LogP contribution >= 0.6 is 0 Å². The number of nitrogens with zero attached hydrogens (tertiary/aromatic N) is 3. The highest BCUT2D eigenvalue weighted by molar-refractivity contribution is 6.11. The maximum Gasteiger partial charge on any atom is 0.181 e. The summed E-state index contributed by atoms with van der Waals surface area (Å²) in [5.41, 5.74) is 11.8. The normalized spacial score (nSPS) is 11.4. The molecule has 3 aromatic heterocycles. The third kappa shape index (κ3) is 4.03. The summed E-state index contributed by atoms with van der Waals surface area (Å²) in [6.07, 6.45) is 6.25. The fourth-order valence-electron chi connectivity index (χ4n) is 5.61. The molecule has 5 nitrogen and oxygen atoms in total. The number of aromatic nitrogens is 3. The quantitative estimate of drug-likeness (QED) is 0.223. The third-order valence-corrected chi connectivity index (χ3v) is 7.67. The maximum absolute atomic E-state index is 5.15.